The molecular weight excluding hydrogens is 148 g/mol. The molecule has 0 atom stereocenters. The van der Waals surface area contributed by atoms with Crippen molar-refractivity contribution in [3.8, 4) is 0 Å². The van der Waals surface area contributed by atoms with E-state index in [0.717, 1.165) is 10.5 Å². The van der Waals surface area contributed by atoms with Crippen molar-refractivity contribution in [2.75, 3.05) is 0 Å². The first kappa shape index (κ1) is 6.78. The lowest BCUT2D eigenvalue weighted by Gasteiger charge is -1.89. The Bertz CT molecular complexity index is 201. The molecule has 0 saturated heterocycles. The maximum atomic E-state index is 4.71. The van der Waals surface area contributed by atoms with Gasteiger partial charge in [0.25, 0.3) is 0 Å². The molecular formula is C7H6S2. The Hall–Kier alpha value is -0.340. The SMILES string of the molecule is S=Cc1ccc(S)cc1. The van der Waals surface area contributed by atoms with Crippen LogP contribution in [0, 0.1) is 0 Å². The first-order valence-corrected chi connectivity index (χ1v) is 3.49. The Balaban J connectivity index is 3.01. The minimum absolute atomic E-state index is 0.968. The van der Waals surface area contributed by atoms with Crippen LogP contribution in [0.2, 0.25) is 0 Å². The van der Waals surface area contributed by atoms with Crippen molar-refractivity contribution in [1.29, 1.82) is 0 Å². The summed E-state index contributed by atoms with van der Waals surface area (Å²) in [5, 5.41) is 1.65. The third kappa shape index (κ3) is 1.80. The molecule has 0 bridgehead atoms. The highest BCUT2D eigenvalue weighted by Crippen LogP contribution is 2.05. The lowest BCUT2D eigenvalue weighted by molar-refractivity contribution is 1.47. The van der Waals surface area contributed by atoms with Crippen LogP contribution in [0.3, 0.4) is 0 Å². The second-order valence-corrected chi connectivity index (χ2v) is 2.46. The molecule has 2 heteroatoms. The molecule has 0 fully saturated rings. The van der Waals surface area contributed by atoms with E-state index in [9.17, 15) is 0 Å². The van der Waals surface area contributed by atoms with Crippen LogP contribution in [-0.2, 0) is 0 Å². The lowest BCUT2D eigenvalue weighted by atomic mass is 10.2. The van der Waals surface area contributed by atoms with Crippen molar-refractivity contribution in [2.24, 2.45) is 0 Å². The average molecular weight is 154 g/mol. The van der Waals surface area contributed by atoms with Gasteiger partial charge in [-0.2, -0.15) is 0 Å². The van der Waals surface area contributed by atoms with E-state index in [0.29, 0.717) is 0 Å². The molecule has 9 heavy (non-hydrogen) atoms. The van der Waals surface area contributed by atoms with Crippen LogP contribution in [-0.4, -0.2) is 5.37 Å². The van der Waals surface area contributed by atoms with Gasteiger partial charge in [0.15, 0.2) is 0 Å². The third-order valence-electron chi connectivity index (χ3n) is 1.03. The molecule has 0 aliphatic carbocycles. The van der Waals surface area contributed by atoms with E-state index >= 15 is 0 Å². The van der Waals surface area contributed by atoms with E-state index in [4.69, 9.17) is 12.2 Å². The maximum Gasteiger partial charge on any atom is 0.00861 e. The molecule has 0 saturated carbocycles. The summed E-state index contributed by atoms with van der Waals surface area (Å²) in [4.78, 5) is 0.968. The van der Waals surface area contributed by atoms with Crippen molar-refractivity contribution < 1.29 is 0 Å². The number of rotatable bonds is 1. The van der Waals surface area contributed by atoms with Gasteiger partial charge in [0.2, 0.25) is 0 Å². The maximum absolute atomic E-state index is 4.71. The molecule has 1 aromatic rings. The van der Waals surface area contributed by atoms with Crippen LogP contribution in [0.25, 0.3) is 0 Å². The minimum atomic E-state index is 0.968. The highest BCUT2D eigenvalue weighted by Gasteiger charge is 1.83. The molecule has 0 aliphatic heterocycles. The zero-order valence-corrected chi connectivity index (χ0v) is 6.45. The number of hydrogen-bond donors (Lipinski definition) is 1. The Kier molecular flexibility index (Phi) is 2.25. The molecule has 1 rings (SSSR count). The summed E-state index contributed by atoms with van der Waals surface area (Å²) in [6.45, 7) is 0. The molecule has 1 aromatic carbocycles. The summed E-state index contributed by atoms with van der Waals surface area (Å²) >= 11 is 8.83. The number of hydrogen-bond acceptors (Lipinski definition) is 2. The first-order valence-electron chi connectivity index (χ1n) is 2.57. The van der Waals surface area contributed by atoms with Crippen LogP contribution in [0.15, 0.2) is 29.2 Å². The summed E-state index contributed by atoms with van der Waals surface area (Å²) in [6, 6.07) is 7.72. The van der Waals surface area contributed by atoms with E-state index in [2.05, 4.69) is 12.6 Å². The van der Waals surface area contributed by atoms with E-state index in [-0.39, 0.29) is 0 Å². The topological polar surface area (TPSA) is 0 Å². The van der Waals surface area contributed by atoms with E-state index in [1.54, 1.807) is 5.37 Å². The van der Waals surface area contributed by atoms with Crippen molar-refractivity contribution >= 4 is 30.2 Å². The van der Waals surface area contributed by atoms with Gasteiger partial charge in [-0.15, -0.1) is 12.6 Å². The van der Waals surface area contributed by atoms with E-state index in [1.165, 1.54) is 0 Å². The number of benzene rings is 1. The van der Waals surface area contributed by atoms with Crippen molar-refractivity contribution in [2.45, 2.75) is 4.90 Å². The van der Waals surface area contributed by atoms with Gasteiger partial charge in [0.05, 0.1) is 0 Å². The quantitative estimate of drug-likeness (QED) is 0.478. The largest absolute Gasteiger partial charge is 0.143 e. The molecule has 46 valence electrons. The summed E-state index contributed by atoms with van der Waals surface area (Å²) in [5.74, 6) is 0. The van der Waals surface area contributed by atoms with Crippen LogP contribution in [0.5, 0.6) is 0 Å². The fraction of sp³-hybridized carbons (Fsp3) is 0. The molecule has 0 aromatic heterocycles. The van der Waals surface area contributed by atoms with Gasteiger partial charge in [0, 0.05) is 10.3 Å². The Morgan fingerprint density at radius 3 is 2.22 bits per heavy atom. The van der Waals surface area contributed by atoms with Gasteiger partial charge in [-0.3, -0.25) is 0 Å². The second kappa shape index (κ2) is 2.99. The molecule has 0 heterocycles. The van der Waals surface area contributed by atoms with Crippen molar-refractivity contribution in [3.05, 3.63) is 29.8 Å². The van der Waals surface area contributed by atoms with Gasteiger partial charge < -0.3 is 0 Å². The smallest absolute Gasteiger partial charge is 0.00861 e. The summed E-state index contributed by atoms with van der Waals surface area (Å²) in [7, 11) is 0. The molecule has 0 nitrogen and oxygen atoms in total. The van der Waals surface area contributed by atoms with E-state index in [1.807, 2.05) is 24.3 Å². The van der Waals surface area contributed by atoms with Gasteiger partial charge >= 0.3 is 0 Å². The molecule has 0 aliphatic rings. The molecule has 0 amide bonds. The molecule has 0 radical (unpaired) electrons. The zero-order chi connectivity index (χ0) is 6.69. The lowest BCUT2D eigenvalue weighted by Crippen LogP contribution is -1.74. The van der Waals surface area contributed by atoms with Gasteiger partial charge in [-0.25, -0.2) is 0 Å². The third-order valence-corrected chi connectivity index (χ3v) is 1.60. The summed E-state index contributed by atoms with van der Waals surface area (Å²) in [5.41, 5.74) is 1.06. The molecule has 0 spiro atoms. The highest BCUT2D eigenvalue weighted by molar-refractivity contribution is 7.80. The Morgan fingerprint density at radius 2 is 1.78 bits per heavy atom. The van der Waals surface area contributed by atoms with Crippen LogP contribution < -0.4 is 0 Å². The minimum Gasteiger partial charge on any atom is -0.143 e. The fourth-order valence-electron chi connectivity index (χ4n) is 0.553. The van der Waals surface area contributed by atoms with E-state index < -0.39 is 0 Å². The van der Waals surface area contributed by atoms with Crippen molar-refractivity contribution in [3.63, 3.8) is 0 Å². The average Bonchev–Trinajstić information content (AvgIpc) is 1.90. The normalized spacial score (nSPS) is 9.00. The van der Waals surface area contributed by atoms with Crippen LogP contribution >= 0.6 is 24.8 Å². The van der Waals surface area contributed by atoms with Crippen LogP contribution in [0.1, 0.15) is 5.56 Å². The van der Waals surface area contributed by atoms with Crippen LogP contribution in [0.4, 0.5) is 0 Å². The van der Waals surface area contributed by atoms with Crippen molar-refractivity contribution in [1.82, 2.24) is 0 Å². The first-order chi connectivity index (χ1) is 4.33. The summed E-state index contributed by atoms with van der Waals surface area (Å²) in [6.07, 6.45) is 0. The Morgan fingerprint density at radius 1 is 1.22 bits per heavy atom. The number of thiocarbonyl (C=S) groups is 1. The van der Waals surface area contributed by atoms with Gasteiger partial charge in [0.1, 0.15) is 0 Å². The van der Waals surface area contributed by atoms with Gasteiger partial charge in [-0.05, 0) is 17.7 Å². The Labute approximate surface area is 65.3 Å². The predicted molar refractivity (Wildman–Crippen MR) is 46.5 cm³/mol. The zero-order valence-electron chi connectivity index (χ0n) is 4.74. The van der Waals surface area contributed by atoms with Gasteiger partial charge in [-0.1, -0.05) is 24.4 Å². The fourth-order valence-corrected chi connectivity index (χ4v) is 0.859. The summed E-state index contributed by atoms with van der Waals surface area (Å²) < 4.78 is 0. The molecule has 0 N–H and O–H groups in total. The second-order valence-electron chi connectivity index (χ2n) is 1.71. The number of thiol groups is 1. The molecule has 0 unspecified atom stereocenters. The standard InChI is InChI=1S/C7H6S2/c8-5-6-1-3-7(9)4-2-6/h1-5,9H. The predicted octanol–water partition coefficient (Wildman–Crippen LogP) is 2.32. The monoisotopic (exact) mass is 154 g/mol. The highest BCUT2D eigenvalue weighted by atomic mass is 32.1.